The van der Waals surface area contributed by atoms with E-state index in [0.717, 1.165) is 16.5 Å². The standard InChI is InChI=1S/C19H19ClN4O2/c1-11(14-10-24(3)17-9-12(20)7-8-13(14)17)22-19(26)16-6-4-5-15(23-16)18(25)21-2/h4-11H,1-3H3,(H,21,25)(H,22,26). The average molecular weight is 371 g/mol. The Hall–Kier alpha value is -2.86. The van der Waals surface area contributed by atoms with Gasteiger partial charge in [0.15, 0.2) is 0 Å². The van der Waals surface area contributed by atoms with E-state index in [-0.39, 0.29) is 29.2 Å². The van der Waals surface area contributed by atoms with Crippen LogP contribution in [0.5, 0.6) is 0 Å². The van der Waals surface area contributed by atoms with Crippen molar-refractivity contribution in [1.29, 1.82) is 0 Å². The van der Waals surface area contributed by atoms with Gasteiger partial charge in [0.1, 0.15) is 11.4 Å². The Bertz CT molecular complexity index is 996. The molecule has 3 aromatic rings. The highest BCUT2D eigenvalue weighted by molar-refractivity contribution is 6.31. The molecule has 134 valence electrons. The number of amides is 2. The molecule has 0 radical (unpaired) electrons. The van der Waals surface area contributed by atoms with E-state index < -0.39 is 0 Å². The number of nitrogens with one attached hydrogen (secondary N) is 2. The first-order valence-corrected chi connectivity index (χ1v) is 8.53. The number of benzene rings is 1. The highest BCUT2D eigenvalue weighted by Gasteiger charge is 2.18. The predicted molar refractivity (Wildman–Crippen MR) is 101 cm³/mol. The number of hydrogen-bond acceptors (Lipinski definition) is 3. The number of fused-ring (bicyclic) bond motifs is 1. The van der Waals surface area contributed by atoms with Crippen molar-refractivity contribution in [2.75, 3.05) is 7.05 Å². The number of aryl methyl sites for hydroxylation is 1. The second kappa shape index (κ2) is 7.17. The Morgan fingerprint density at radius 3 is 2.54 bits per heavy atom. The molecule has 0 aliphatic carbocycles. The van der Waals surface area contributed by atoms with Crippen molar-refractivity contribution in [1.82, 2.24) is 20.2 Å². The van der Waals surface area contributed by atoms with E-state index in [1.165, 1.54) is 7.05 Å². The maximum atomic E-state index is 12.6. The summed E-state index contributed by atoms with van der Waals surface area (Å²) in [6, 6.07) is 10.2. The summed E-state index contributed by atoms with van der Waals surface area (Å²) in [5, 5.41) is 7.12. The van der Waals surface area contributed by atoms with Crippen LogP contribution in [0.2, 0.25) is 5.02 Å². The normalized spacial score (nSPS) is 12.0. The first-order valence-electron chi connectivity index (χ1n) is 8.15. The maximum Gasteiger partial charge on any atom is 0.270 e. The first kappa shape index (κ1) is 17.9. The zero-order valence-corrected chi connectivity index (χ0v) is 15.5. The van der Waals surface area contributed by atoms with Crippen LogP contribution in [-0.4, -0.2) is 28.4 Å². The number of rotatable bonds is 4. The van der Waals surface area contributed by atoms with E-state index in [9.17, 15) is 9.59 Å². The van der Waals surface area contributed by atoms with Gasteiger partial charge in [0.2, 0.25) is 0 Å². The van der Waals surface area contributed by atoms with Crippen molar-refractivity contribution in [2.24, 2.45) is 7.05 Å². The van der Waals surface area contributed by atoms with Crippen molar-refractivity contribution in [3.8, 4) is 0 Å². The van der Waals surface area contributed by atoms with Crippen LogP contribution in [-0.2, 0) is 7.05 Å². The number of carbonyl (C=O) groups is 2. The fourth-order valence-corrected chi connectivity index (χ4v) is 3.06. The molecule has 1 unspecified atom stereocenters. The lowest BCUT2D eigenvalue weighted by Gasteiger charge is -2.13. The molecule has 0 saturated carbocycles. The number of carbonyl (C=O) groups excluding carboxylic acids is 2. The molecule has 6 nitrogen and oxygen atoms in total. The van der Waals surface area contributed by atoms with Crippen LogP contribution in [0.4, 0.5) is 0 Å². The zero-order chi connectivity index (χ0) is 18.8. The van der Waals surface area contributed by atoms with Gasteiger partial charge in [0.05, 0.1) is 6.04 Å². The topological polar surface area (TPSA) is 76.0 Å². The minimum Gasteiger partial charge on any atom is -0.354 e. The average Bonchev–Trinajstić information content (AvgIpc) is 2.97. The van der Waals surface area contributed by atoms with Crippen LogP contribution < -0.4 is 10.6 Å². The Balaban J connectivity index is 1.85. The minimum absolute atomic E-state index is 0.196. The fraction of sp³-hybridized carbons (Fsp3) is 0.211. The molecule has 0 aliphatic rings. The number of pyridine rings is 1. The summed E-state index contributed by atoms with van der Waals surface area (Å²) < 4.78 is 1.98. The van der Waals surface area contributed by atoms with E-state index in [0.29, 0.717) is 5.02 Å². The number of nitrogens with zero attached hydrogens (tertiary/aromatic N) is 2. The van der Waals surface area contributed by atoms with Crippen molar-refractivity contribution >= 4 is 34.3 Å². The molecule has 1 atom stereocenters. The molecule has 3 rings (SSSR count). The summed E-state index contributed by atoms with van der Waals surface area (Å²) in [6.45, 7) is 1.91. The van der Waals surface area contributed by atoms with Crippen molar-refractivity contribution < 1.29 is 9.59 Å². The molecule has 0 bridgehead atoms. The lowest BCUT2D eigenvalue weighted by Crippen LogP contribution is -2.28. The van der Waals surface area contributed by atoms with Gasteiger partial charge in [-0.1, -0.05) is 23.7 Å². The van der Waals surface area contributed by atoms with Crippen molar-refractivity contribution in [3.05, 3.63) is 64.6 Å². The Labute approximate surface area is 156 Å². The summed E-state index contributed by atoms with van der Waals surface area (Å²) in [6.07, 6.45) is 1.97. The summed E-state index contributed by atoms with van der Waals surface area (Å²) in [5.74, 6) is -0.673. The molecule has 0 spiro atoms. The van der Waals surface area contributed by atoms with E-state index in [4.69, 9.17) is 11.6 Å². The van der Waals surface area contributed by atoms with Gasteiger partial charge in [-0.3, -0.25) is 9.59 Å². The van der Waals surface area contributed by atoms with Crippen molar-refractivity contribution in [2.45, 2.75) is 13.0 Å². The second-order valence-corrected chi connectivity index (χ2v) is 6.48. The van der Waals surface area contributed by atoms with Gasteiger partial charge in [-0.25, -0.2) is 4.98 Å². The molecule has 0 aliphatic heterocycles. The van der Waals surface area contributed by atoms with Crippen LogP contribution in [0.1, 0.15) is 39.5 Å². The SMILES string of the molecule is CNC(=O)c1cccc(C(=O)NC(C)c2cn(C)c3cc(Cl)ccc23)n1. The molecule has 26 heavy (non-hydrogen) atoms. The Morgan fingerprint density at radius 1 is 1.15 bits per heavy atom. The van der Waals surface area contributed by atoms with E-state index in [1.807, 2.05) is 42.9 Å². The molecule has 2 amide bonds. The monoisotopic (exact) mass is 370 g/mol. The molecule has 2 N–H and O–H groups in total. The van der Waals surface area contributed by atoms with E-state index in [2.05, 4.69) is 15.6 Å². The quantitative estimate of drug-likeness (QED) is 0.741. The molecule has 2 aromatic heterocycles. The molecular formula is C19H19ClN4O2. The highest BCUT2D eigenvalue weighted by Crippen LogP contribution is 2.28. The summed E-state index contributed by atoms with van der Waals surface area (Å²) in [4.78, 5) is 28.4. The lowest BCUT2D eigenvalue weighted by molar-refractivity contribution is 0.0934. The van der Waals surface area contributed by atoms with Crippen LogP contribution in [0.25, 0.3) is 10.9 Å². The Morgan fingerprint density at radius 2 is 1.85 bits per heavy atom. The van der Waals surface area contributed by atoms with Crippen LogP contribution in [0.15, 0.2) is 42.6 Å². The molecular weight excluding hydrogens is 352 g/mol. The van der Waals surface area contributed by atoms with Crippen molar-refractivity contribution in [3.63, 3.8) is 0 Å². The maximum absolute atomic E-state index is 12.6. The summed E-state index contributed by atoms with van der Waals surface area (Å²) >= 11 is 6.07. The number of halogens is 1. The first-order chi connectivity index (χ1) is 12.4. The predicted octanol–water partition coefficient (Wildman–Crippen LogP) is 3.08. The van der Waals surface area contributed by atoms with Gasteiger partial charge in [-0.05, 0) is 36.8 Å². The smallest absolute Gasteiger partial charge is 0.270 e. The molecule has 7 heteroatoms. The van der Waals surface area contributed by atoms with Gasteiger partial charge in [0, 0.05) is 36.2 Å². The summed E-state index contributed by atoms with van der Waals surface area (Å²) in [7, 11) is 3.46. The second-order valence-electron chi connectivity index (χ2n) is 6.04. The fourth-order valence-electron chi connectivity index (χ4n) is 2.90. The van der Waals surface area contributed by atoms with Crippen LogP contribution in [0.3, 0.4) is 0 Å². The number of hydrogen-bond donors (Lipinski definition) is 2. The molecule has 0 fully saturated rings. The molecule has 2 heterocycles. The van der Waals surface area contributed by atoms with Crippen LogP contribution >= 0.6 is 11.6 Å². The third-order valence-electron chi connectivity index (χ3n) is 4.24. The summed E-state index contributed by atoms with van der Waals surface area (Å²) in [5.41, 5.74) is 2.37. The van der Waals surface area contributed by atoms with Crippen LogP contribution in [0, 0.1) is 0 Å². The third-order valence-corrected chi connectivity index (χ3v) is 4.47. The Kier molecular flexibility index (Phi) is 4.95. The van der Waals surface area contributed by atoms with E-state index >= 15 is 0 Å². The van der Waals surface area contributed by atoms with E-state index in [1.54, 1.807) is 18.2 Å². The highest BCUT2D eigenvalue weighted by atomic mass is 35.5. The molecule has 1 aromatic carbocycles. The lowest BCUT2D eigenvalue weighted by atomic mass is 10.1. The molecule has 0 saturated heterocycles. The minimum atomic E-state index is -0.339. The van der Waals surface area contributed by atoms with Gasteiger partial charge in [0.25, 0.3) is 11.8 Å². The van der Waals surface area contributed by atoms with Gasteiger partial charge >= 0.3 is 0 Å². The largest absolute Gasteiger partial charge is 0.354 e. The van der Waals surface area contributed by atoms with Gasteiger partial charge in [-0.2, -0.15) is 0 Å². The third kappa shape index (κ3) is 3.41. The zero-order valence-electron chi connectivity index (χ0n) is 14.7. The van der Waals surface area contributed by atoms with Gasteiger partial charge < -0.3 is 15.2 Å². The van der Waals surface area contributed by atoms with Gasteiger partial charge in [-0.15, -0.1) is 0 Å². The number of aromatic nitrogens is 2.